The molecule has 6 rings (SSSR count). The maximum atomic E-state index is 14.4. The summed E-state index contributed by atoms with van der Waals surface area (Å²) in [5.74, 6) is -1.38. The van der Waals surface area contributed by atoms with Crippen LogP contribution in [0.4, 0.5) is 17.1 Å². The molecule has 252 valence electrons. The van der Waals surface area contributed by atoms with Gasteiger partial charge in [0.15, 0.2) is 0 Å². The molecule has 12 heteroatoms. The van der Waals surface area contributed by atoms with E-state index in [0.29, 0.717) is 23.4 Å². The molecule has 4 aromatic rings. The van der Waals surface area contributed by atoms with Gasteiger partial charge >= 0.3 is 5.97 Å². The van der Waals surface area contributed by atoms with Crippen LogP contribution in [0.25, 0.3) is 11.1 Å². The summed E-state index contributed by atoms with van der Waals surface area (Å²) >= 11 is 6.90. The lowest BCUT2D eigenvalue weighted by molar-refractivity contribution is 0.0698. The van der Waals surface area contributed by atoms with Crippen LogP contribution in [-0.2, 0) is 26.5 Å². The molecule has 2 N–H and O–H groups in total. The standard InChI is InChI=1S/C36H38ClN3O6S2/c1-39-34(26-13-7-3-8-14-26)24-40(28-15-9-4-10-16-28)33-23-31(37)29(22-35(33)48(39,45)46)27-17-18-32(30(21-27)36(41)42)38-47(43,44)20-19-25-11-5-2-6-12-25/h2,4-6,9-12,15-18,21-23,26,34,38H,3,7-8,13-14,19-20,24H2,1H3,(H,41,42)/t34-/m0/s1. The molecule has 2 aliphatic rings. The van der Waals surface area contributed by atoms with E-state index in [9.17, 15) is 26.7 Å². The van der Waals surface area contributed by atoms with Crippen molar-refractivity contribution in [1.29, 1.82) is 0 Å². The fourth-order valence-electron chi connectivity index (χ4n) is 6.83. The number of nitrogens with zero attached hydrogens (tertiary/aromatic N) is 2. The summed E-state index contributed by atoms with van der Waals surface area (Å²) in [6.45, 7) is 0.454. The Kier molecular flexibility index (Phi) is 9.85. The number of carbonyl (C=O) groups is 1. The first-order chi connectivity index (χ1) is 22.9. The number of carboxylic acid groups (broad SMARTS) is 1. The highest BCUT2D eigenvalue weighted by molar-refractivity contribution is 7.92. The number of likely N-dealkylation sites (N-methyl/N-ethyl adjacent to an activating group) is 1. The van der Waals surface area contributed by atoms with Crippen molar-refractivity contribution in [2.75, 3.05) is 29.0 Å². The van der Waals surface area contributed by atoms with Crippen molar-refractivity contribution in [2.24, 2.45) is 5.92 Å². The van der Waals surface area contributed by atoms with Crippen LogP contribution < -0.4 is 9.62 Å². The highest BCUT2D eigenvalue weighted by Gasteiger charge is 2.41. The first-order valence-corrected chi connectivity index (χ1v) is 19.5. The zero-order valence-corrected chi connectivity index (χ0v) is 28.9. The zero-order valence-electron chi connectivity index (χ0n) is 26.5. The van der Waals surface area contributed by atoms with Gasteiger partial charge in [-0.1, -0.05) is 85.5 Å². The Morgan fingerprint density at radius 3 is 2.27 bits per heavy atom. The van der Waals surface area contributed by atoms with Gasteiger partial charge in [-0.05, 0) is 72.7 Å². The van der Waals surface area contributed by atoms with Crippen molar-refractivity contribution in [2.45, 2.75) is 49.5 Å². The molecule has 0 unspecified atom stereocenters. The van der Waals surface area contributed by atoms with E-state index < -0.39 is 26.0 Å². The number of rotatable bonds is 9. The van der Waals surface area contributed by atoms with Crippen LogP contribution in [0.15, 0.2) is 95.9 Å². The van der Waals surface area contributed by atoms with E-state index in [-0.39, 0.29) is 45.3 Å². The summed E-state index contributed by atoms with van der Waals surface area (Å²) in [7, 11) is -6.25. The van der Waals surface area contributed by atoms with Crippen LogP contribution in [0, 0.1) is 5.92 Å². The number of aromatic carboxylic acids is 1. The topological polar surface area (TPSA) is 124 Å². The summed E-state index contributed by atoms with van der Waals surface area (Å²) < 4.78 is 58.6. The molecule has 1 aliphatic carbocycles. The third-order valence-corrected chi connectivity index (χ3v) is 12.9. The molecular formula is C36H38ClN3O6S2. The predicted octanol–water partition coefficient (Wildman–Crippen LogP) is 7.41. The van der Waals surface area contributed by atoms with Gasteiger partial charge in [0.05, 0.1) is 27.7 Å². The van der Waals surface area contributed by atoms with Gasteiger partial charge in [0.1, 0.15) is 4.90 Å². The summed E-state index contributed by atoms with van der Waals surface area (Å²) in [6.07, 6.45) is 5.44. The van der Waals surface area contributed by atoms with Crippen LogP contribution in [0.1, 0.15) is 48.0 Å². The average molecular weight is 708 g/mol. The van der Waals surface area contributed by atoms with Gasteiger partial charge in [0, 0.05) is 30.9 Å². The van der Waals surface area contributed by atoms with Crippen molar-refractivity contribution < 1.29 is 26.7 Å². The molecule has 1 heterocycles. The number of hydrogen-bond acceptors (Lipinski definition) is 6. The molecule has 1 fully saturated rings. The molecule has 1 atom stereocenters. The minimum Gasteiger partial charge on any atom is -0.478 e. The Labute approximate surface area is 287 Å². The molecule has 1 aliphatic heterocycles. The zero-order chi connectivity index (χ0) is 34.1. The van der Waals surface area contributed by atoms with Gasteiger partial charge < -0.3 is 10.0 Å². The summed E-state index contributed by atoms with van der Waals surface area (Å²) in [5.41, 5.74) is 2.40. The molecular weight excluding hydrogens is 670 g/mol. The average Bonchev–Trinajstić information content (AvgIpc) is 3.16. The Hall–Kier alpha value is -3.90. The number of aryl methyl sites for hydroxylation is 1. The van der Waals surface area contributed by atoms with Crippen molar-refractivity contribution in [3.8, 4) is 11.1 Å². The smallest absolute Gasteiger partial charge is 0.337 e. The third kappa shape index (κ3) is 7.10. The number of hydrogen-bond donors (Lipinski definition) is 2. The molecule has 0 aromatic heterocycles. The Balaban J connectivity index is 1.39. The van der Waals surface area contributed by atoms with Crippen LogP contribution in [-0.4, -0.2) is 57.6 Å². The fourth-order valence-corrected chi connectivity index (χ4v) is 9.82. The van der Waals surface area contributed by atoms with Crippen molar-refractivity contribution >= 4 is 54.7 Å². The molecule has 0 saturated heterocycles. The number of halogens is 1. The van der Waals surface area contributed by atoms with Crippen LogP contribution in [0.3, 0.4) is 0 Å². The minimum absolute atomic E-state index is 0.0640. The first-order valence-electron chi connectivity index (χ1n) is 16.0. The molecule has 9 nitrogen and oxygen atoms in total. The summed E-state index contributed by atoms with van der Waals surface area (Å²) in [5, 5.41) is 10.3. The fraction of sp³-hybridized carbons (Fsp3) is 0.306. The van der Waals surface area contributed by atoms with Gasteiger partial charge in [-0.15, -0.1) is 0 Å². The van der Waals surface area contributed by atoms with Crippen molar-refractivity contribution in [3.63, 3.8) is 0 Å². The Bertz CT molecular complexity index is 2020. The van der Waals surface area contributed by atoms with E-state index in [1.807, 2.05) is 65.6 Å². The normalized spacial score (nSPS) is 18.5. The predicted molar refractivity (Wildman–Crippen MR) is 190 cm³/mol. The first kappa shape index (κ1) is 34.0. The number of fused-ring (bicyclic) bond motifs is 1. The van der Waals surface area contributed by atoms with Crippen LogP contribution in [0.2, 0.25) is 5.02 Å². The van der Waals surface area contributed by atoms with Crippen LogP contribution >= 0.6 is 11.6 Å². The van der Waals surface area contributed by atoms with E-state index in [1.54, 1.807) is 19.2 Å². The highest BCUT2D eigenvalue weighted by atomic mass is 35.5. The number of sulfonamides is 2. The van der Waals surface area contributed by atoms with E-state index in [1.165, 1.54) is 22.5 Å². The van der Waals surface area contributed by atoms with E-state index >= 15 is 0 Å². The lowest BCUT2D eigenvalue weighted by Crippen LogP contribution is -2.46. The van der Waals surface area contributed by atoms with E-state index in [0.717, 1.165) is 43.4 Å². The molecule has 0 spiro atoms. The number of nitrogens with one attached hydrogen (secondary N) is 1. The van der Waals surface area contributed by atoms with Crippen LogP contribution in [0.5, 0.6) is 0 Å². The van der Waals surface area contributed by atoms with Crippen molar-refractivity contribution in [3.05, 3.63) is 107 Å². The molecule has 0 bridgehead atoms. The second-order valence-electron chi connectivity index (χ2n) is 12.5. The molecule has 1 saturated carbocycles. The van der Waals surface area contributed by atoms with E-state index in [2.05, 4.69) is 4.72 Å². The van der Waals surface area contributed by atoms with Gasteiger partial charge in [-0.2, -0.15) is 4.31 Å². The molecule has 0 radical (unpaired) electrons. The maximum Gasteiger partial charge on any atom is 0.337 e. The Morgan fingerprint density at radius 1 is 0.938 bits per heavy atom. The maximum absolute atomic E-state index is 14.4. The second-order valence-corrected chi connectivity index (χ2v) is 16.7. The van der Waals surface area contributed by atoms with E-state index in [4.69, 9.17) is 11.6 Å². The third-order valence-electron chi connectivity index (χ3n) is 9.42. The SMILES string of the molecule is CN1[C@H](C2CCCCC2)CN(c2ccccc2)c2cc(Cl)c(-c3ccc(NS(=O)(=O)CCc4ccccc4)c(C(=O)O)c3)cc2S1(=O)=O. The number of para-hydroxylation sites is 1. The van der Waals surface area contributed by atoms with Gasteiger partial charge in [0.25, 0.3) is 0 Å². The summed E-state index contributed by atoms with van der Waals surface area (Å²) in [4.78, 5) is 14.5. The lowest BCUT2D eigenvalue weighted by atomic mass is 9.83. The number of carboxylic acids is 1. The molecule has 0 amide bonds. The molecule has 4 aromatic carbocycles. The summed E-state index contributed by atoms with van der Waals surface area (Å²) in [6, 6.07) is 25.9. The number of anilines is 3. The van der Waals surface area contributed by atoms with Gasteiger partial charge in [0.2, 0.25) is 20.0 Å². The van der Waals surface area contributed by atoms with Gasteiger partial charge in [-0.25, -0.2) is 21.6 Å². The number of benzene rings is 4. The molecule has 48 heavy (non-hydrogen) atoms. The Morgan fingerprint density at radius 2 is 1.60 bits per heavy atom. The quantitative estimate of drug-likeness (QED) is 0.186. The largest absolute Gasteiger partial charge is 0.478 e. The second kappa shape index (κ2) is 13.9. The van der Waals surface area contributed by atoms with Gasteiger partial charge in [-0.3, -0.25) is 4.72 Å². The monoisotopic (exact) mass is 707 g/mol. The lowest BCUT2D eigenvalue weighted by Gasteiger charge is -2.36. The highest BCUT2D eigenvalue weighted by Crippen LogP contribution is 2.45. The van der Waals surface area contributed by atoms with Crippen molar-refractivity contribution in [1.82, 2.24) is 4.31 Å². The minimum atomic E-state index is -4.01.